The van der Waals surface area contributed by atoms with E-state index in [-0.39, 0.29) is 18.3 Å². The highest BCUT2D eigenvalue weighted by molar-refractivity contribution is 9.10. The van der Waals surface area contributed by atoms with Crippen molar-refractivity contribution in [1.82, 2.24) is 5.32 Å². The monoisotopic (exact) mass is 336 g/mol. The SMILES string of the molecule is Cc1c(N)cc(Br)cc1C(=O)NCc1ccccc1F. The van der Waals surface area contributed by atoms with Crippen LogP contribution in [0.25, 0.3) is 0 Å². The number of carbonyl (C=O) groups excluding carboxylic acids is 1. The molecule has 1 amide bonds. The van der Waals surface area contributed by atoms with Gasteiger partial charge in [-0.05, 0) is 30.7 Å². The van der Waals surface area contributed by atoms with Crippen molar-refractivity contribution < 1.29 is 9.18 Å². The molecule has 0 unspecified atom stereocenters. The van der Waals surface area contributed by atoms with E-state index in [1.807, 2.05) is 0 Å². The van der Waals surface area contributed by atoms with E-state index in [1.165, 1.54) is 6.07 Å². The molecule has 0 saturated carbocycles. The second-order valence-electron chi connectivity index (χ2n) is 4.44. The summed E-state index contributed by atoms with van der Waals surface area (Å²) in [7, 11) is 0. The van der Waals surface area contributed by atoms with Gasteiger partial charge in [-0.2, -0.15) is 0 Å². The first-order valence-corrected chi connectivity index (χ1v) is 6.85. The van der Waals surface area contributed by atoms with Crippen LogP contribution in [0.5, 0.6) is 0 Å². The Morgan fingerprint density at radius 2 is 2.05 bits per heavy atom. The van der Waals surface area contributed by atoms with Gasteiger partial charge in [0.05, 0.1) is 0 Å². The highest BCUT2D eigenvalue weighted by Crippen LogP contribution is 2.22. The quantitative estimate of drug-likeness (QED) is 0.844. The van der Waals surface area contributed by atoms with Gasteiger partial charge in [0, 0.05) is 27.8 Å². The van der Waals surface area contributed by atoms with Crippen LogP contribution in [-0.2, 0) is 6.54 Å². The van der Waals surface area contributed by atoms with Crippen LogP contribution in [0.2, 0.25) is 0 Å². The van der Waals surface area contributed by atoms with Crippen LogP contribution in [0, 0.1) is 12.7 Å². The minimum absolute atomic E-state index is 0.136. The summed E-state index contributed by atoms with van der Waals surface area (Å²) in [5.74, 6) is -0.614. The van der Waals surface area contributed by atoms with Gasteiger partial charge in [0.2, 0.25) is 0 Å². The van der Waals surface area contributed by atoms with Crippen LogP contribution >= 0.6 is 15.9 Å². The summed E-state index contributed by atoms with van der Waals surface area (Å²) in [5, 5.41) is 2.70. The third-order valence-corrected chi connectivity index (χ3v) is 3.51. The molecular weight excluding hydrogens is 323 g/mol. The lowest BCUT2D eigenvalue weighted by atomic mass is 10.1. The summed E-state index contributed by atoms with van der Waals surface area (Å²) >= 11 is 3.30. The number of anilines is 1. The number of halogens is 2. The van der Waals surface area contributed by atoms with Gasteiger partial charge in [-0.15, -0.1) is 0 Å². The molecule has 0 fully saturated rings. The molecule has 0 spiro atoms. The van der Waals surface area contributed by atoms with Crippen molar-refractivity contribution in [1.29, 1.82) is 0 Å². The van der Waals surface area contributed by atoms with E-state index in [2.05, 4.69) is 21.2 Å². The topological polar surface area (TPSA) is 55.1 Å². The summed E-state index contributed by atoms with van der Waals surface area (Å²) in [4.78, 5) is 12.1. The molecule has 3 nitrogen and oxygen atoms in total. The second-order valence-corrected chi connectivity index (χ2v) is 5.36. The van der Waals surface area contributed by atoms with E-state index >= 15 is 0 Å². The predicted molar refractivity (Wildman–Crippen MR) is 80.9 cm³/mol. The fourth-order valence-corrected chi connectivity index (χ4v) is 2.32. The van der Waals surface area contributed by atoms with Crippen molar-refractivity contribution in [3.63, 3.8) is 0 Å². The first-order chi connectivity index (χ1) is 9.49. The first-order valence-electron chi connectivity index (χ1n) is 6.06. The highest BCUT2D eigenvalue weighted by atomic mass is 79.9. The van der Waals surface area contributed by atoms with Crippen molar-refractivity contribution >= 4 is 27.5 Å². The summed E-state index contributed by atoms with van der Waals surface area (Å²) in [6, 6.07) is 9.78. The van der Waals surface area contributed by atoms with E-state index in [4.69, 9.17) is 5.73 Å². The van der Waals surface area contributed by atoms with Crippen LogP contribution in [-0.4, -0.2) is 5.91 Å². The average molecular weight is 337 g/mol. The molecule has 0 heterocycles. The Hall–Kier alpha value is -1.88. The maximum atomic E-state index is 13.5. The standard InChI is InChI=1S/C15H14BrFN2O/c1-9-12(6-11(16)7-14(9)18)15(20)19-8-10-4-2-3-5-13(10)17/h2-7H,8,18H2,1H3,(H,19,20). The molecule has 3 N–H and O–H groups in total. The number of hydrogen-bond acceptors (Lipinski definition) is 2. The molecule has 0 bridgehead atoms. The minimum Gasteiger partial charge on any atom is -0.398 e. The maximum Gasteiger partial charge on any atom is 0.251 e. The number of amides is 1. The largest absolute Gasteiger partial charge is 0.398 e. The molecule has 2 rings (SSSR count). The zero-order valence-corrected chi connectivity index (χ0v) is 12.5. The molecule has 5 heteroatoms. The van der Waals surface area contributed by atoms with Crippen LogP contribution in [0.4, 0.5) is 10.1 Å². The second kappa shape index (κ2) is 6.05. The zero-order chi connectivity index (χ0) is 14.7. The molecule has 2 aromatic rings. The van der Waals surface area contributed by atoms with Crippen molar-refractivity contribution in [2.75, 3.05) is 5.73 Å². The number of rotatable bonds is 3. The fraction of sp³-hybridized carbons (Fsp3) is 0.133. The first kappa shape index (κ1) is 14.5. The van der Waals surface area contributed by atoms with E-state index in [9.17, 15) is 9.18 Å². The number of hydrogen-bond donors (Lipinski definition) is 2. The van der Waals surface area contributed by atoms with E-state index in [1.54, 1.807) is 37.3 Å². The van der Waals surface area contributed by atoms with Crippen molar-refractivity contribution in [2.24, 2.45) is 0 Å². The van der Waals surface area contributed by atoms with E-state index in [0.717, 1.165) is 4.47 Å². The van der Waals surface area contributed by atoms with Crippen molar-refractivity contribution in [2.45, 2.75) is 13.5 Å². The Kier molecular flexibility index (Phi) is 4.39. The van der Waals surface area contributed by atoms with Gasteiger partial charge in [0.1, 0.15) is 5.82 Å². The summed E-state index contributed by atoms with van der Waals surface area (Å²) in [5.41, 5.74) is 7.99. The number of nitrogens with one attached hydrogen (secondary N) is 1. The summed E-state index contributed by atoms with van der Waals surface area (Å²) in [6.45, 7) is 1.91. The molecule has 0 aliphatic rings. The Morgan fingerprint density at radius 1 is 1.35 bits per heavy atom. The Bertz CT molecular complexity index is 658. The molecule has 0 aliphatic heterocycles. The molecule has 0 saturated heterocycles. The molecule has 0 atom stereocenters. The Labute approximate surface area is 125 Å². The van der Waals surface area contributed by atoms with Crippen LogP contribution < -0.4 is 11.1 Å². The average Bonchev–Trinajstić information content (AvgIpc) is 2.41. The van der Waals surface area contributed by atoms with Gasteiger partial charge in [0.25, 0.3) is 5.91 Å². The smallest absolute Gasteiger partial charge is 0.251 e. The third kappa shape index (κ3) is 3.17. The molecule has 0 aromatic heterocycles. The van der Waals surface area contributed by atoms with E-state index in [0.29, 0.717) is 22.4 Å². The molecule has 0 radical (unpaired) electrons. The maximum absolute atomic E-state index is 13.5. The normalized spacial score (nSPS) is 10.3. The fourth-order valence-electron chi connectivity index (χ4n) is 1.85. The predicted octanol–water partition coefficient (Wildman–Crippen LogP) is 3.41. The van der Waals surface area contributed by atoms with Crippen LogP contribution in [0.3, 0.4) is 0 Å². The lowest BCUT2D eigenvalue weighted by Crippen LogP contribution is -2.24. The van der Waals surface area contributed by atoms with Crippen molar-refractivity contribution in [3.8, 4) is 0 Å². The summed E-state index contributed by atoms with van der Waals surface area (Å²) < 4.78 is 14.2. The van der Waals surface area contributed by atoms with Gasteiger partial charge in [-0.1, -0.05) is 34.1 Å². The number of benzene rings is 2. The lowest BCUT2D eigenvalue weighted by Gasteiger charge is -2.10. The van der Waals surface area contributed by atoms with E-state index < -0.39 is 0 Å². The van der Waals surface area contributed by atoms with Gasteiger partial charge < -0.3 is 11.1 Å². The molecule has 104 valence electrons. The number of nitrogen functional groups attached to an aromatic ring is 1. The molecule has 2 aromatic carbocycles. The van der Waals surface area contributed by atoms with Gasteiger partial charge >= 0.3 is 0 Å². The molecule has 20 heavy (non-hydrogen) atoms. The number of carbonyl (C=O) groups is 1. The van der Waals surface area contributed by atoms with Gasteiger partial charge in [-0.3, -0.25) is 4.79 Å². The lowest BCUT2D eigenvalue weighted by molar-refractivity contribution is 0.0950. The van der Waals surface area contributed by atoms with Gasteiger partial charge in [0.15, 0.2) is 0 Å². The minimum atomic E-state index is -0.335. The van der Waals surface area contributed by atoms with Gasteiger partial charge in [-0.25, -0.2) is 4.39 Å². The van der Waals surface area contributed by atoms with Crippen molar-refractivity contribution in [3.05, 3.63) is 63.4 Å². The number of nitrogens with two attached hydrogens (primary N) is 1. The Balaban J connectivity index is 2.15. The van der Waals surface area contributed by atoms with Crippen LogP contribution in [0.1, 0.15) is 21.5 Å². The molecule has 0 aliphatic carbocycles. The highest BCUT2D eigenvalue weighted by Gasteiger charge is 2.12. The third-order valence-electron chi connectivity index (χ3n) is 3.05. The van der Waals surface area contributed by atoms with Crippen LogP contribution in [0.15, 0.2) is 40.9 Å². The Morgan fingerprint density at radius 3 is 2.75 bits per heavy atom. The zero-order valence-electron chi connectivity index (χ0n) is 10.9. The molecular formula is C15H14BrFN2O. The summed E-state index contributed by atoms with van der Waals surface area (Å²) in [6.07, 6.45) is 0.